The Labute approximate surface area is 125 Å². The summed E-state index contributed by atoms with van der Waals surface area (Å²) in [5.74, 6) is 0. The second-order valence-corrected chi connectivity index (χ2v) is 7.64. The minimum atomic E-state index is -3.74. The Bertz CT molecular complexity index is 571. The Hall–Kier alpha value is -0.660. The fourth-order valence-electron chi connectivity index (χ4n) is 1.89. The van der Waals surface area contributed by atoms with E-state index in [0.717, 1.165) is 5.56 Å². The number of aliphatic hydroxyl groups is 1. The van der Waals surface area contributed by atoms with Crippen LogP contribution >= 0.6 is 11.6 Å². The van der Waals surface area contributed by atoms with Gasteiger partial charge in [0.1, 0.15) is 4.90 Å². The molecule has 0 heterocycles. The van der Waals surface area contributed by atoms with Crippen molar-refractivity contribution in [2.75, 3.05) is 27.2 Å². The number of likely N-dealkylation sites (N-methyl/N-ethyl adjacent to an activating group) is 1. The summed E-state index contributed by atoms with van der Waals surface area (Å²) >= 11 is 5.96. The van der Waals surface area contributed by atoms with Crippen molar-refractivity contribution in [1.82, 2.24) is 9.62 Å². The van der Waals surface area contributed by atoms with Crippen molar-refractivity contribution in [2.45, 2.75) is 24.3 Å². The van der Waals surface area contributed by atoms with Crippen molar-refractivity contribution in [3.63, 3.8) is 0 Å². The van der Waals surface area contributed by atoms with Crippen LogP contribution in [0.1, 0.15) is 12.5 Å². The Morgan fingerprint density at radius 2 is 2.00 bits per heavy atom. The number of nitrogens with one attached hydrogen (secondary N) is 1. The van der Waals surface area contributed by atoms with E-state index in [4.69, 9.17) is 11.6 Å². The molecule has 0 bridgehead atoms. The SMILES string of the molecule is Cc1ccc(S(=O)(=O)NCC(C)(O)CN(C)C)c(Cl)c1. The molecule has 114 valence electrons. The van der Waals surface area contributed by atoms with Crippen molar-refractivity contribution < 1.29 is 13.5 Å². The third kappa shape index (κ3) is 5.03. The average Bonchev–Trinajstić information content (AvgIpc) is 2.24. The van der Waals surface area contributed by atoms with E-state index >= 15 is 0 Å². The Balaban J connectivity index is 2.85. The van der Waals surface area contributed by atoms with Gasteiger partial charge < -0.3 is 10.0 Å². The highest BCUT2D eigenvalue weighted by atomic mass is 35.5. The van der Waals surface area contributed by atoms with Crippen molar-refractivity contribution >= 4 is 21.6 Å². The molecule has 0 aliphatic rings. The van der Waals surface area contributed by atoms with Crippen molar-refractivity contribution in [2.24, 2.45) is 0 Å². The number of hydrogen-bond donors (Lipinski definition) is 2. The second-order valence-electron chi connectivity index (χ2n) is 5.49. The molecule has 0 saturated heterocycles. The predicted molar refractivity (Wildman–Crippen MR) is 80.6 cm³/mol. The number of halogens is 1. The van der Waals surface area contributed by atoms with E-state index in [1.165, 1.54) is 6.07 Å². The number of nitrogens with zero attached hydrogens (tertiary/aromatic N) is 1. The van der Waals surface area contributed by atoms with Gasteiger partial charge in [-0.05, 0) is 45.6 Å². The standard InChI is InChI=1S/C13H21ClN2O3S/c1-10-5-6-12(11(14)7-10)20(18,19)15-8-13(2,17)9-16(3)4/h5-7,15,17H,8-9H2,1-4H3. The summed E-state index contributed by atoms with van der Waals surface area (Å²) in [5, 5.41) is 10.3. The van der Waals surface area contributed by atoms with Gasteiger partial charge in [0.25, 0.3) is 0 Å². The molecule has 0 spiro atoms. The van der Waals surface area contributed by atoms with E-state index in [9.17, 15) is 13.5 Å². The fourth-order valence-corrected chi connectivity index (χ4v) is 3.65. The zero-order valence-corrected chi connectivity index (χ0v) is 13.7. The molecule has 20 heavy (non-hydrogen) atoms. The summed E-state index contributed by atoms with van der Waals surface area (Å²) in [6.07, 6.45) is 0. The van der Waals surface area contributed by atoms with Gasteiger partial charge in [-0.2, -0.15) is 0 Å². The van der Waals surface area contributed by atoms with Crippen molar-refractivity contribution in [3.05, 3.63) is 28.8 Å². The molecule has 1 aromatic carbocycles. The highest BCUT2D eigenvalue weighted by Crippen LogP contribution is 2.22. The van der Waals surface area contributed by atoms with E-state index in [1.807, 2.05) is 6.92 Å². The molecule has 5 nitrogen and oxygen atoms in total. The van der Waals surface area contributed by atoms with E-state index in [2.05, 4.69) is 4.72 Å². The van der Waals surface area contributed by atoms with Gasteiger partial charge in [0.05, 0.1) is 10.6 Å². The van der Waals surface area contributed by atoms with Crippen LogP contribution in [0.25, 0.3) is 0 Å². The van der Waals surface area contributed by atoms with Gasteiger partial charge in [-0.1, -0.05) is 17.7 Å². The second kappa shape index (κ2) is 6.41. The van der Waals surface area contributed by atoms with Crippen LogP contribution < -0.4 is 4.72 Å². The van der Waals surface area contributed by atoms with Crippen molar-refractivity contribution in [3.8, 4) is 0 Å². The lowest BCUT2D eigenvalue weighted by molar-refractivity contribution is 0.0386. The monoisotopic (exact) mass is 320 g/mol. The lowest BCUT2D eigenvalue weighted by atomic mass is 10.1. The van der Waals surface area contributed by atoms with E-state index in [0.29, 0.717) is 6.54 Å². The first kappa shape index (κ1) is 17.4. The molecular formula is C13H21ClN2O3S. The number of aryl methyl sites for hydroxylation is 1. The van der Waals surface area contributed by atoms with Crippen LogP contribution in [-0.4, -0.2) is 51.2 Å². The summed E-state index contributed by atoms with van der Waals surface area (Å²) in [6.45, 7) is 3.67. The summed E-state index contributed by atoms with van der Waals surface area (Å²) < 4.78 is 26.7. The lowest BCUT2D eigenvalue weighted by Gasteiger charge is -2.27. The summed E-state index contributed by atoms with van der Waals surface area (Å²) in [6, 6.07) is 4.73. The van der Waals surface area contributed by atoms with Crippen LogP contribution in [0.2, 0.25) is 5.02 Å². The molecule has 0 fully saturated rings. The van der Waals surface area contributed by atoms with Gasteiger partial charge in [0.2, 0.25) is 10.0 Å². The zero-order valence-electron chi connectivity index (χ0n) is 12.1. The van der Waals surface area contributed by atoms with E-state index < -0.39 is 15.6 Å². The van der Waals surface area contributed by atoms with Crippen LogP contribution in [0.4, 0.5) is 0 Å². The molecular weight excluding hydrogens is 300 g/mol. The lowest BCUT2D eigenvalue weighted by Crippen LogP contribution is -2.47. The molecule has 1 rings (SSSR count). The molecule has 1 atom stereocenters. The largest absolute Gasteiger partial charge is 0.387 e. The first-order chi connectivity index (χ1) is 9.03. The van der Waals surface area contributed by atoms with Crippen LogP contribution in [-0.2, 0) is 10.0 Å². The van der Waals surface area contributed by atoms with Gasteiger partial charge in [-0.15, -0.1) is 0 Å². The maximum atomic E-state index is 12.2. The average molecular weight is 321 g/mol. The minimum Gasteiger partial charge on any atom is -0.387 e. The highest BCUT2D eigenvalue weighted by Gasteiger charge is 2.26. The van der Waals surface area contributed by atoms with Crippen LogP contribution in [0.5, 0.6) is 0 Å². The summed E-state index contributed by atoms with van der Waals surface area (Å²) in [4.78, 5) is 1.80. The van der Waals surface area contributed by atoms with E-state index in [-0.39, 0.29) is 16.5 Å². The Kier molecular flexibility index (Phi) is 5.57. The van der Waals surface area contributed by atoms with Gasteiger partial charge in [0, 0.05) is 13.1 Å². The van der Waals surface area contributed by atoms with Crippen LogP contribution in [0.3, 0.4) is 0 Å². The smallest absolute Gasteiger partial charge is 0.242 e. The van der Waals surface area contributed by atoms with Gasteiger partial charge >= 0.3 is 0 Å². The number of benzene rings is 1. The maximum absolute atomic E-state index is 12.2. The third-order valence-corrected chi connectivity index (χ3v) is 4.56. The van der Waals surface area contributed by atoms with Gasteiger partial charge in [0.15, 0.2) is 0 Å². The van der Waals surface area contributed by atoms with Gasteiger partial charge in [-0.25, -0.2) is 13.1 Å². The Morgan fingerprint density at radius 1 is 1.40 bits per heavy atom. The molecule has 2 N–H and O–H groups in total. The molecule has 0 aliphatic carbocycles. The molecule has 0 saturated carbocycles. The molecule has 0 amide bonds. The number of sulfonamides is 1. The maximum Gasteiger partial charge on any atom is 0.242 e. The summed E-state index contributed by atoms with van der Waals surface area (Å²) in [5.41, 5.74) is -0.276. The van der Waals surface area contributed by atoms with Crippen molar-refractivity contribution in [1.29, 1.82) is 0 Å². The fraction of sp³-hybridized carbons (Fsp3) is 0.538. The third-order valence-electron chi connectivity index (χ3n) is 2.68. The van der Waals surface area contributed by atoms with Gasteiger partial charge in [-0.3, -0.25) is 0 Å². The topological polar surface area (TPSA) is 69.6 Å². The highest BCUT2D eigenvalue weighted by molar-refractivity contribution is 7.89. The van der Waals surface area contributed by atoms with E-state index in [1.54, 1.807) is 38.1 Å². The van der Waals surface area contributed by atoms with Crippen LogP contribution in [0.15, 0.2) is 23.1 Å². The number of hydrogen-bond acceptors (Lipinski definition) is 4. The molecule has 1 aromatic rings. The first-order valence-corrected chi connectivity index (χ1v) is 8.02. The molecule has 1 unspecified atom stereocenters. The zero-order chi connectivity index (χ0) is 15.6. The molecule has 0 radical (unpaired) electrons. The quantitative estimate of drug-likeness (QED) is 0.827. The molecule has 7 heteroatoms. The summed E-state index contributed by atoms with van der Waals surface area (Å²) in [7, 11) is -0.126. The predicted octanol–water partition coefficient (Wildman–Crippen LogP) is 1.24. The number of rotatable bonds is 6. The van der Waals surface area contributed by atoms with Crippen LogP contribution in [0, 0.1) is 6.92 Å². The Morgan fingerprint density at radius 3 is 2.50 bits per heavy atom. The molecule has 0 aliphatic heterocycles. The minimum absolute atomic E-state index is 0.0189. The first-order valence-electron chi connectivity index (χ1n) is 6.16. The molecule has 0 aromatic heterocycles. The normalized spacial score (nSPS) is 15.3.